The first-order chi connectivity index (χ1) is 7.82. The smallest absolute Gasteiger partial charge is 0.466 e. The summed E-state index contributed by atoms with van der Waals surface area (Å²) in [5.74, 6) is -1.73. The summed E-state index contributed by atoms with van der Waals surface area (Å²) in [7, 11) is -4.64. The van der Waals surface area contributed by atoms with Crippen LogP contribution in [0.4, 0.5) is 0 Å². The second-order valence-electron chi connectivity index (χ2n) is 2.76. The summed E-state index contributed by atoms with van der Waals surface area (Å²) < 4.78 is 8.88. The first-order valence-electron chi connectivity index (χ1n) is 4.01. The number of phosphoric acid groups is 1. The van der Waals surface area contributed by atoms with Crippen LogP contribution in [0, 0.1) is 0 Å². The van der Waals surface area contributed by atoms with E-state index in [0.717, 1.165) is 0 Å². The Morgan fingerprint density at radius 3 is 1.28 bits per heavy atom. The standard InChI is InChI=1S/C4H6O3.C4H6O2.H3O4P/c1-3(2)4(5)7-6;1-3(2)4(5)6;1-5(2,3)4/h6H,1H2,2H3;1H2,2H3,(H,5,6);(H3,1,2,3,4). The van der Waals surface area contributed by atoms with Crippen LogP contribution in [0.3, 0.4) is 0 Å². The van der Waals surface area contributed by atoms with Gasteiger partial charge >= 0.3 is 19.8 Å². The quantitative estimate of drug-likeness (QED) is 0.208. The van der Waals surface area contributed by atoms with E-state index < -0.39 is 19.8 Å². The van der Waals surface area contributed by atoms with E-state index in [2.05, 4.69) is 18.0 Å². The van der Waals surface area contributed by atoms with Crippen LogP contribution in [0.5, 0.6) is 0 Å². The molecule has 0 bridgehead atoms. The molecule has 106 valence electrons. The molecule has 0 rings (SSSR count). The van der Waals surface area contributed by atoms with Crippen LogP contribution in [0.1, 0.15) is 13.8 Å². The molecule has 9 nitrogen and oxygen atoms in total. The monoisotopic (exact) mass is 286 g/mol. The van der Waals surface area contributed by atoms with Crippen molar-refractivity contribution in [3.05, 3.63) is 24.3 Å². The van der Waals surface area contributed by atoms with Crippen molar-refractivity contribution in [1.29, 1.82) is 0 Å². The highest BCUT2D eigenvalue weighted by molar-refractivity contribution is 7.45. The van der Waals surface area contributed by atoms with Crippen LogP contribution in [-0.2, 0) is 19.0 Å². The average molecular weight is 286 g/mol. The molecule has 0 aliphatic heterocycles. The minimum Gasteiger partial charge on any atom is -0.478 e. The fourth-order valence-corrected chi connectivity index (χ4v) is 0.0779. The molecule has 0 aromatic rings. The zero-order valence-corrected chi connectivity index (χ0v) is 10.6. The van der Waals surface area contributed by atoms with Crippen LogP contribution in [-0.4, -0.2) is 37.0 Å². The van der Waals surface area contributed by atoms with Gasteiger partial charge in [0.05, 0.1) is 0 Å². The molecule has 0 aromatic carbocycles. The van der Waals surface area contributed by atoms with Crippen molar-refractivity contribution in [2.24, 2.45) is 0 Å². The second-order valence-corrected chi connectivity index (χ2v) is 3.78. The lowest BCUT2D eigenvalue weighted by Gasteiger charge is -1.88. The van der Waals surface area contributed by atoms with Gasteiger partial charge in [0, 0.05) is 11.1 Å². The van der Waals surface area contributed by atoms with Gasteiger partial charge in [0.2, 0.25) is 0 Å². The van der Waals surface area contributed by atoms with Crippen molar-refractivity contribution in [3.8, 4) is 0 Å². The highest BCUT2D eigenvalue weighted by Gasteiger charge is 2.00. The van der Waals surface area contributed by atoms with Crippen LogP contribution in [0.2, 0.25) is 0 Å². The van der Waals surface area contributed by atoms with Crippen molar-refractivity contribution in [1.82, 2.24) is 0 Å². The van der Waals surface area contributed by atoms with Crippen LogP contribution < -0.4 is 0 Å². The van der Waals surface area contributed by atoms with Gasteiger partial charge in [-0.3, -0.25) is 4.89 Å². The van der Waals surface area contributed by atoms with Gasteiger partial charge in [-0.25, -0.2) is 14.2 Å². The summed E-state index contributed by atoms with van der Waals surface area (Å²) in [4.78, 5) is 44.4. The molecule has 5 N–H and O–H groups in total. The van der Waals surface area contributed by atoms with Gasteiger partial charge in [0.25, 0.3) is 0 Å². The van der Waals surface area contributed by atoms with E-state index in [-0.39, 0.29) is 11.1 Å². The fourth-order valence-electron chi connectivity index (χ4n) is 0.0779. The Labute approximate surface area is 103 Å². The molecule has 0 heterocycles. The van der Waals surface area contributed by atoms with E-state index in [1.54, 1.807) is 0 Å². The maximum atomic E-state index is 9.94. The number of hydrogen-bond donors (Lipinski definition) is 5. The Balaban J connectivity index is -0.000000190. The molecule has 0 amide bonds. The maximum Gasteiger partial charge on any atom is 0.466 e. The Kier molecular flexibility index (Phi) is 12.8. The van der Waals surface area contributed by atoms with Gasteiger partial charge in [-0.05, 0) is 13.8 Å². The van der Waals surface area contributed by atoms with Gasteiger partial charge in [-0.1, -0.05) is 13.2 Å². The molecular formula is C8H15O9P. The minimum atomic E-state index is -4.64. The van der Waals surface area contributed by atoms with Crippen molar-refractivity contribution < 1.29 is 44.1 Å². The summed E-state index contributed by atoms with van der Waals surface area (Å²) >= 11 is 0. The third-order valence-electron chi connectivity index (χ3n) is 0.796. The molecule has 0 saturated heterocycles. The summed E-state index contributed by atoms with van der Waals surface area (Å²) in [5.41, 5.74) is 0.359. The molecule has 0 aliphatic carbocycles. The number of carboxylic acids is 1. The van der Waals surface area contributed by atoms with E-state index in [1.807, 2.05) is 0 Å². The highest BCUT2D eigenvalue weighted by atomic mass is 31.2. The molecule has 0 aliphatic rings. The lowest BCUT2D eigenvalue weighted by atomic mass is 10.4. The first kappa shape index (κ1) is 21.7. The summed E-state index contributed by atoms with van der Waals surface area (Å²) in [6, 6.07) is 0. The van der Waals surface area contributed by atoms with Gasteiger partial charge in [-0.15, -0.1) is 0 Å². The Hall–Kier alpha value is -1.51. The highest BCUT2D eigenvalue weighted by Crippen LogP contribution is 2.25. The molecule has 0 radical (unpaired) electrons. The van der Waals surface area contributed by atoms with Gasteiger partial charge in [0.1, 0.15) is 0 Å². The largest absolute Gasteiger partial charge is 0.478 e. The van der Waals surface area contributed by atoms with E-state index in [4.69, 9.17) is 29.6 Å². The third kappa shape index (κ3) is 36.6. The molecule has 10 heteroatoms. The maximum absolute atomic E-state index is 9.94. The predicted octanol–water partition coefficient (Wildman–Crippen LogP) is 0.297. The van der Waals surface area contributed by atoms with E-state index in [0.29, 0.717) is 0 Å². The lowest BCUT2D eigenvalue weighted by Crippen LogP contribution is -1.99. The molecule has 18 heavy (non-hydrogen) atoms. The molecule has 0 atom stereocenters. The van der Waals surface area contributed by atoms with Crippen LogP contribution >= 0.6 is 7.82 Å². The molecule has 0 unspecified atom stereocenters. The molecule has 0 spiro atoms. The predicted molar refractivity (Wildman–Crippen MR) is 60.2 cm³/mol. The third-order valence-corrected chi connectivity index (χ3v) is 0.796. The summed E-state index contributed by atoms with van der Waals surface area (Å²) in [5, 5.41) is 15.5. The molecular weight excluding hydrogens is 271 g/mol. The van der Waals surface area contributed by atoms with E-state index in [1.165, 1.54) is 13.8 Å². The number of hydrogen-bond acceptors (Lipinski definition) is 5. The van der Waals surface area contributed by atoms with Gasteiger partial charge in [0.15, 0.2) is 0 Å². The van der Waals surface area contributed by atoms with Crippen molar-refractivity contribution >= 4 is 19.8 Å². The molecule has 0 saturated carbocycles. The normalized spacial score (nSPS) is 8.78. The Morgan fingerprint density at radius 1 is 1.06 bits per heavy atom. The number of rotatable bonds is 2. The summed E-state index contributed by atoms with van der Waals surface area (Å²) in [6.45, 7) is 9.24. The molecule has 0 fully saturated rings. The molecule has 0 aromatic heterocycles. The van der Waals surface area contributed by atoms with Crippen molar-refractivity contribution in [2.75, 3.05) is 0 Å². The van der Waals surface area contributed by atoms with Gasteiger partial charge < -0.3 is 19.8 Å². The fraction of sp³-hybridized carbons (Fsp3) is 0.250. The van der Waals surface area contributed by atoms with E-state index in [9.17, 15) is 9.59 Å². The number of aliphatic carboxylic acids is 1. The van der Waals surface area contributed by atoms with Crippen molar-refractivity contribution in [3.63, 3.8) is 0 Å². The summed E-state index contributed by atoms with van der Waals surface area (Å²) in [6.07, 6.45) is 0. The zero-order valence-electron chi connectivity index (χ0n) is 9.73. The van der Waals surface area contributed by atoms with Crippen LogP contribution in [0.15, 0.2) is 24.3 Å². The van der Waals surface area contributed by atoms with Crippen LogP contribution in [0.25, 0.3) is 0 Å². The Morgan fingerprint density at radius 2 is 1.28 bits per heavy atom. The average Bonchev–Trinajstić information content (AvgIpc) is 2.14. The zero-order chi connectivity index (χ0) is 15.5. The van der Waals surface area contributed by atoms with E-state index >= 15 is 0 Å². The Bertz CT molecular complexity index is 333. The number of carbonyl (C=O) groups excluding carboxylic acids is 1. The SMILES string of the molecule is C=C(C)C(=O)O.C=C(C)C(=O)OO.O=P(O)(O)O. The number of carbonyl (C=O) groups is 2. The minimum absolute atomic E-state index is 0.176. The second kappa shape index (κ2) is 10.6. The van der Waals surface area contributed by atoms with Crippen molar-refractivity contribution in [2.45, 2.75) is 13.8 Å². The first-order valence-corrected chi connectivity index (χ1v) is 5.57. The lowest BCUT2D eigenvalue weighted by molar-refractivity contribution is -0.229. The number of carboxylic acid groups (broad SMARTS) is 1. The van der Waals surface area contributed by atoms with Gasteiger partial charge in [-0.2, -0.15) is 5.26 Å². The topological polar surface area (TPSA) is 162 Å².